The van der Waals surface area contributed by atoms with E-state index < -0.39 is 0 Å². The topological polar surface area (TPSA) is 32.3 Å². The van der Waals surface area contributed by atoms with Crippen LogP contribution in [0.4, 0.5) is 0 Å². The fourth-order valence-electron chi connectivity index (χ4n) is 9.24. The minimum atomic E-state index is 0.129. The number of nitrogens with zero attached hydrogens (tertiary/aromatic N) is 1. The van der Waals surface area contributed by atoms with Crippen LogP contribution in [0.1, 0.15) is 79.1 Å². The summed E-state index contributed by atoms with van der Waals surface area (Å²) in [6.45, 7) is 12.0. The van der Waals surface area contributed by atoms with Crippen molar-refractivity contribution in [3.63, 3.8) is 0 Å². The normalized spacial score (nSPS) is 43.6. The van der Waals surface area contributed by atoms with Crippen LogP contribution in [0.2, 0.25) is 0 Å². The molecule has 3 fully saturated rings. The van der Waals surface area contributed by atoms with E-state index in [0.717, 1.165) is 37.8 Å². The van der Waals surface area contributed by atoms with E-state index >= 15 is 0 Å². The molecule has 3 heteroatoms. The van der Waals surface area contributed by atoms with Gasteiger partial charge in [-0.1, -0.05) is 50.1 Å². The Labute approximate surface area is 208 Å². The van der Waals surface area contributed by atoms with Crippen LogP contribution in [0.3, 0.4) is 0 Å². The quantitative estimate of drug-likeness (QED) is 0.505. The highest BCUT2D eigenvalue weighted by atomic mass is 16.1. The first kappa shape index (κ1) is 24.5. The maximum absolute atomic E-state index is 13.5. The molecule has 0 bridgehead atoms. The molecule has 8 atom stereocenters. The Balaban J connectivity index is 1.36. The molecule has 188 valence electrons. The smallest absolute Gasteiger partial charge is 0.153 e. The fraction of sp³-hybridized carbons (Fsp3) is 0.774. The molecule has 3 nitrogen and oxygen atoms in total. The van der Waals surface area contributed by atoms with E-state index in [1.165, 1.54) is 44.1 Å². The Morgan fingerprint density at radius 3 is 2.53 bits per heavy atom. The van der Waals surface area contributed by atoms with Gasteiger partial charge in [0.1, 0.15) is 0 Å². The highest BCUT2D eigenvalue weighted by molar-refractivity contribution is 5.88. The molecule has 34 heavy (non-hydrogen) atoms. The van der Waals surface area contributed by atoms with Gasteiger partial charge < -0.3 is 5.32 Å². The Bertz CT molecular complexity index is 912. The van der Waals surface area contributed by atoms with E-state index in [2.05, 4.69) is 70.2 Å². The van der Waals surface area contributed by atoms with Crippen LogP contribution >= 0.6 is 0 Å². The van der Waals surface area contributed by atoms with Crippen molar-refractivity contribution in [3.05, 3.63) is 34.9 Å². The molecule has 0 amide bonds. The number of ketones is 1. The molecule has 5 aliphatic rings. The van der Waals surface area contributed by atoms with Gasteiger partial charge in [0.15, 0.2) is 5.78 Å². The average Bonchev–Trinajstić information content (AvgIpc) is 3.15. The fourth-order valence-corrected chi connectivity index (χ4v) is 9.24. The van der Waals surface area contributed by atoms with Crippen molar-refractivity contribution in [3.8, 4) is 0 Å². The first-order valence-electron chi connectivity index (χ1n) is 14.1. The molecule has 0 aromatic rings. The van der Waals surface area contributed by atoms with Gasteiger partial charge in [0.25, 0.3) is 0 Å². The van der Waals surface area contributed by atoms with Crippen LogP contribution in [0.25, 0.3) is 0 Å². The molecule has 1 aliphatic heterocycles. The summed E-state index contributed by atoms with van der Waals surface area (Å²) in [6.07, 6.45) is 17.3. The van der Waals surface area contributed by atoms with Crippen molar-refractivity contribution in [2.75, 3.05) is 27.2 Å². The lowest BCUT2D eigenvalue weighted by Gasteiger charge is -2.57. The zero-order valence-electron chi connectivity index (χ0n) is 22.6. The first-order valence-corrected chi connectivity index (χ1v) is 14.1. The summed E-state index contributed by atoms with van der Waals surface area (Å²) < 4.78 is 0. The van der Waals surface area contributed by atoms with Crippen LogP contribution in [0, 0.1) is 40.4 Å². The average molecular weight is 465 g/mol. The molecular weight excluding hydrogens is 416 g/mol. The summed E-state index contributed by atoms with van der Waals surface area (Å²) in [5, 5.41) is 3.49. The summed E-state index contributed by atoms with van der Waals surface area (Å²) >= 11 is 0. The Hall–Kier alpha value is -1.19. The number of hydrogen-bond acceptors (Lipinski definition) is 3. The van der Waals surface area contributed by atoms with E-state index in [4.69, 9.17) is 0 Å². The van der Waals surface area contributed by atoms with E-state index in [-0.39, 0.29) is 17.4 Å². The highest BCUT2D eigenvalue weighted by Crippen LogP contribution is 2.66. The summed E-state index contributed by atoms with van der Waals surface area (Å²) in [5.41, 5.74) is 5.43. The van der Waals surface area contributed by atoms with Gasteiger partial charge in [-0.25, -0.2) is 0 Å². The Morgan fingerprint density at radius 1 is 1.06 bits per heavy atom. The number of likely N-dealkylation sites (N-methyl/N-ethyl adjacent to an activating group) is 1. The van der Waals surface area contributed by atoms with Gasteiger partial charge in [0.05, 0.1) is 6.04 Å². The number of carbonyl (C=O) groups excluding carboxylic acids is 1. The third-order valence-corrected chi connectivity index (χ3v) is 11.4. The van der Waals surface area contributed by atoms with Gasteiger partial charge in [-0.2, -0.15) is 0 Å². The second-order valence-electron chi connectivity index (χ2n) is 13.2. The molecule has 0 saturated heterocycles. The van der Waals surface area contributed by atoms with Gasteiger partial charge in [-0.3, -0.25) is 9.69 Å². The molecule has 1 heterocycles. The van der Waals surface area contributed by atoms with Gasteiger partial charge in [0, 0.05) is 12.5 Å². The molecule has 4 aliphatic carbocycles. The van der Waals surface area contributed by atoms with Crippen molar-refractivity contribution in [2.45, 2.75) is 85.1 Å². The van der Waals surface area contributed by atoms with Crippen LogP contribution in [-0.2, 0) is 4.79 Å². The molecular formula is C31H48N2O. The maximum atomic E-state index is 13.5. The van der Waals surface area contributed by atoms with E-state index in [1.54, 1.807) is 11.1 Å². The van der Waals surface area contributed by atoms with Crippen molar-refractivity contribution < 1.29 is 4.79 Å². The van der Waals surface area contributed by atoms with Crippen molar-refractivity contribution in [2.24, 2.45) is 40.4 Å². The molecule has 0 spiro atoms. The summed E-state index contributed by atoms with van der Waals surface area (Å²) in [4.78, 5) is 15.6. The lowest BCUT2D eigenvalue weighted by Crippen LogP contribution is -2.55. The number of allylic oxidation sites excluding steroid dienone is 4. The van der Waals surface area contributed by atoms with Crippen LogP contribution in [0.5, 0.6) is 0 Å². The van der Waals surface area contributed by atoms with Gasteiger partial charge in [-0.15, -0.1) is 0 Å². The summed E-state index contributed by atoms with van der Waals surface area (Å²) in [6, 6.07) is 0.129. The minimum Gasteiger partial charge on any atom is -0.313 e. The van der Waals surface area contributed by atoms with E-state index in [0.29, 0.717) is 23.0 Å². The van der Waals surface area contributed by atoms with Crippen molar-refractivity contribution >= 4 is 5.78 Å². The number of carbonyl (C=O) groups is 1. The largest absolute Gasteiger partial charge is 0.313 e. The minimum absolute atomic E-state index is 0.129. The second kappa shape index (κ2) is 9.04. The number of fused-ring (bicyclic) bond motifs is 5. The van der Waals surface area contributed by atoms with Gasteiger partial charge in [-0.05, 0) is 119 Å². The SMILES string of the molecule is CC1=C(/C=C/C(C)[C@H]2CCC3C4=CCC5C(=O)[C@@H](N(C)C)CC[C@]5(C)C4CC[C@@]32C)CCNC1. The molecule has 0 aromatic carbocycles. The monoisotopic (exact) mass is 464 g/mol. The number of hydrogen-bond donors (Lipinski definition) is 1. The molecule has 0 aromatic heterocycles. The number of Topliss-reactive ketones (excluding diaryl/α,β-unsaturated/α-hetero) is 1. The molecule has 3 saturated carbocycles. The van der Waals surface area contributed by atoms with Gasteiger partial charge in [0.2, 0.25) is 0 Å². The third kappa shape index (κ3) is 3.81. The zero-order chi connectivity index (χ0) is 24.3. The number of rotatable bonds is 4. The highest BCUT2D eigenvalue weighted by Gasteiger charge is 2.59. The number of nitrogens with one attached hydrogen (secondary N) is 1. The predicted octanol–water partition coefficient (Wildman–Crippen LogP) is 6.18. The Kier molecular flexibility index (Phi) is 6.51. The van der Waals surface area contributed by atoms with Crippen molar-refractivity contribution in [1.82, 2.24) is 10.2 Å². The lowest BCUT2D eigenvalue weighted by molar-refractivity contribution is -0.140. The predicted molar refractivity (Wildman–Crippen MR) is 142 cm³/mol. The lowest BCUT2D eigenvalue weighted by atomic mass is 9.47. The third-order valence-electron chi connectivity index (χ3n) is 11.4. The Morgan fingerprint density at radius 2 is 1.79 bits per heavy atom. The first-order chi connectivity index (χ1) is 16.2. The molecule has 1 N–H and O–H groups in total. The molecule has 0 radical (unpaired) electrons. The van der Waals surface area contributed by atoms with Crippen molar-refractivity contribution in [1.29, 1.82) is 0 Å². The van der Waals surface area contributed by atoms with Crippen LogP contribution < -0.4 is 5.32 Å². The standard InChI is InChI=1S/C31H48N2O/c1-20(7-8-22-15-18-32-19-21(22)2)24-11-12-25-23-9-10-27-29(34)28(33(5)6)14-17-31(27,4)26(23)13-16-30(24,25)3/h7-9,20,24-28,32H,10-19H2,1-6H3/b8-7+/t20?,24-,25?,26?,27?,28+,30-,31-/m1/s1. The molecule has 5 rings (SSSR count). The van der Waals surface area contributed by atoms with E-state index in [1.807, 2.05) is 0 Å². The summed E-state index contributed by atoms with van der Waals surface area (Å²) in [7, 11) is 4.16. The van der Waals surface area contributed by atoms with Gasteiger partial charge >= 0.3 is 0 Å². The van der Waals surface area contributed by atoms with E-state index in [9.17, 15) is 4.79 Å². The molecule has 4 unspecified atom stereocenters. The summed E-state index contributed by atoms with van der Waals surface area (Å²) in [5.74, 6) is 3.51. The zero-order valence-corrected chi connectivity index (χ0v) is 22.6. The second-order valence-corrected chi connectivity index (χ2v) is 13.2. The van der Waals surface area contributed by atoms with Crippen LogP contribution in [-0.4, -0.2) is 43.9 Å². The maximum Gasteiger partial charge on any atom is 0.153 e. The van der Waals surface area contributed by atoms with Crippen LogP contribution in [0.15, 0.2) is 34.9 Å².